The number of hydrogen-bond acceptors (Lipinski definition) is 9. The van der Waals surface area contributed by atoms with Crippen LogP contribution < -0.4 is 0 Å². The zero-order valence-electron chi connectivity index (χ0n) is 28.9. The minimum atomic E-state index is -1.86. The molecule has 2 fully saturated rings. The summed E-state index contributed by atoms with van der Waals surface area (Å²) in [7, 11) is -1.19. The highest BCUT2D eigenvalue weighted by molar-refractivity contribution is 6.76. The monoisotopic (exact) mass is 652 g/mol. The van der Waals surface area contributed by atoms with Crippen molar-refractivity contribution in [1.29, 1.82) is 0 Å². The molecule has 3 aliphatic rings. The number of allylic oxidation sites excluding steroid dienone is 3. The molecule has 0 aromatic heterocycles. The van der Waals surface area contributed by atoms with Crippen LogP contribution in [0.5, 0.6) is 0 Å². The first kappa shape index (κ1) is 37.9. The molecule has 0 aromatic carbocycles. The number of carbonyl (C=O) groups is 2. The minimum absolute atomic E-state index is 0.0613. The Morgan fingerprint density at radius 3 is 2.49 bits per heavy atom. The van der Waals surface area contributed by atoms with E-state index < -0.39 is 43.6 Å². The van der Waals surface area contributed by atoms with Gasteiger partial charge in [0.2, 0.25) is 5.79 Å². The number of aliphatic hydroxyl groups is 1. The highest BCUT2D eigenvalue weighted by atomic mass is 28.3. The van der Waals surface area contributed by atoms with E-state index in [2.05, 4.69) is 37.9 Å². The summed E-state index contributed by atoms with van der Waals surface area (Å²) >= 11 is 0. The van der Waals surface area contributed by atoms with Crippen molar-refractivity contribution in [1.82, 2.24) is 0 Å². The first-order valence-electron chi connectivity index (χ1n) is 17.2. The summed E-state index contributed by atoms with van der Waals surface area (Å²) in [6.45, 7) is 15.8. The molecule has 0 aromatic rings. The molecule has 1 spiro atoms. The largest absolute Gasteiger partial charge is 0.463 e. The lowest BCUT2D eigenvalue weighted by Gasteiger charge is -2.49. The van der Waals surface area contributed by atoms with E-state index in [1.54, 1.807) is 0 Å². The standard InChI is InChI=1S/C35H60O9Si/c1-8-10-11-12-13-14-15-28-20-32-34(23-33(41-9-2)42-24-34)22-29(43-26(3)36)21-31(35(32,38)44-27(4)37)30(28)16-17-39-25-40-18-19-45(5,6)7/h8,10,20,28-31,33,38H,9,11-19,21-25H2,1-7H3/b10-8+/t28-,29+,30+,31-,33?,34+,35+/m0/s1. The second-order valence-electron chi connectivity index (χ2n) is 14.4. The van der Waals surface area contributed by atoms with E-state index in [0.29, 0.717) is 51.1 Å². The first-order chi connectivity index (χ1) is 21.3. The second-order valence-corrected chi connectivity index (χ2v) is 20.0. The van der Waals surface area contributed by atoms with Crippen LogP contribution in [0.3, 0.4) is 0 Å². The third kappa shape index (κ3) is 11.0. The third-order valence-electron chi connectivity index (χ3n) is 9.53. The van der Waals surface area contributed by atoms with Crippen molar-refractivity contribution in [3.63, 3.8) is 0 Å². The molecule has 1 saturated carbocycles. The van der Waals surface area contributed by atoms with Gasteiger partial charge in [0.25, 0.3) is 0 Å². The molecule has 3 rings (SSSR count). The quantitative estimate of drug-likeness (QED) is 0.0564. The number of unbranched alkanes of at least 4 members (excludes halogenated alkanes) is 3. The maximum atomic E-state index is 12.6. The molecule has 1 N–H and O–H groups in total. The van der Waals surface area contributed by atoms with Gasteiger partial charge in [-0.2, -0.15) is 0 Å². The smallest absolute Gasteiger partial charge is 0.305 e. The van der Waals surface area contributed by atoms with E-state index in [4.69, 9.17) is 28.4 Å². The normalized spacial score (nSPS) is 31.6. The van der Waals surface area contributed by atoms with Crippen LogP contribution in [0.15, 0.2) is 23.8 Å². The summed E-state index contributed by atoms with van der Waals surface area (Å²) in [6, 6.07) is 1.08. The first-order valence-corrected chi connectivity index (χ1v) is 20.9. The average Bonchev–Trinajstić information content (AvgIpc) is 3.32. The molecule has 2 bridgehead atoms. The van der Waals surface area contributed by atoms with E-state index in [-0.39, 0.29) is 31.2 Å². The number of rotatable bonds is 18. The lowest BCUT2D eigenvalue weighted by molar-refractivity contribution is -0.232. The number of carbonyl (C=O) groups excluding carboxylic acids is 2. The van der Waals surface area contributed by atoms with Crippen molar-refractivity contribution in [2.24, 2.45) is 23.2 Å². The predicted molar refractivity (Wildman–Crippen MR) is 176 cm³/mol. The summed E-state index contributed by atoms with van der Waals surface area (Å²) in [5.74, 6) is -3.20. The summed E-state index contributed by atoms with van der Waals surface area (Å²) < 4.78 is 35.6. The molecule has 10 heteroatoms. The summed E-state index contributed by atoms with van der Waals surface area (Å²) in [5.41, 5.74) is -0.0211. The van der Waals surface area contributed by atoms with E-state index >= 15 is 0 Å². The fourth-order valence-corrected chi connectivity index (χ4v) is 8.27. The highest BCUT2D eigenvalue weighted by Crippen LogP contribution is 2.59. The van der Waals surface area contributed by atoms with Gasteiger partial charge in [0.05, 0.1) is 6.61 Å². The Morgan fingerprint density at radius 2 is 1.82 bits per heavy atom. The molecule has 258 valence electrons. The van der Waals surface area contributed by atoms with E-state index in [1.165, 1.54) is 13.8 Å². The van der Waals surface area contributed by atoms with Crippen molar-refractivity contribution >= 4 is 20.0 Å². The van der Waals surface area contributed by atoms with Gasteiger partial charge in [0.15, 0.2) is 6.29 Å². The summed E-state index contributed by atoms with van der Waals surface area (Å²) in [5, 5.41) is 12.6. The molecular formula is C35H60O9Si. The van der Waals surface area contributed by atoms with Gasteiger partial charge in [-0.15, -0.1) is 0 Å². The van der Waals surface area contributed by atoms with E-state index in [9.17, 15) is 14.7 Å². The van der Waals surface area contributed by atoms with Crippen molar-refractivity contribution in [3.05, 3.63) is 23.8 Å². The molecule has 1 unspecified atom stereocenters. The van der Waals surface area contributed by atoms with E-state index in [0.717, 1.165) is 38.1 Å². The Balaban J connectivity index is 1.94. The predicted octanol–water partition coefficient (Wildman–Crippen LogP) is 6.77. The Morgan fingerprint density at radius 1 is 1.07 bits per heavy atom. The van der Waals surface area contributed by atoms with Gasteiger partial charge < -0.3 is 33.5 Å². The number of esters is 2. The molecule has 1 heterocycles. The van der Waals surface area contributed by atoms with Crippen LogP contribution in [-0.4, -0.2) is 76.5 Å². The molecular weight excluding hydrogens is 592 g/mol. The fourth-order valence-electron chi connectivity index (χ4n) is 7.51. The third-order valence-corrected chi connectivity index (χ3v) is 11.2. The summed E-state index contributed by atoms with van der Waals surface area (Å²) in [4.78, 5) is 24.9. The van der Waals surface area contributed by atoms with Gasteiger partial charge in [-0.3, -0.25) is 9.59 Å². The van der Waals surface area contributed by atoms with Crippen LogP contribution in [-0.2, 0) is 38.0 Å². The van der Waals surface area contributed by atoms with Crippen LogP contribution in [0.1, 0.15) is 85.5 Å². The fraction of sp³-hybridized carbons (Fsp3) is 0.829. The van der Waals surface area contributed by atoms with E-state index in [1.807, 2.05) is 13.8 Å². The van der Waals surface area contributed by atoms with Gasteiger partial charge in [-0.25, -0.2) is 0 Å². The zero-order chi connectivity index (χ0) is 33.1. The average molecular weight is 653 g/mol. The van der Waals surface area contributed by atoms with Crippen LogP contribution in [0.25, 0.3) is 0 Å². The molecule has 9 nitrogen and oxygen atoms in total. The van der Waals surface area contributed by atoms with Crippen LogP contribution in [0, 0.1) is 23.2 Å². The highest BCUT2D eigenvalue weighted by Gasteiger charge is 2.63. The molecule has 1 aliphatic heterocycles. The van der Waals surface area contributed by atoms with Gasteiger partial charge in [0.1, 0.15) is 12.9 Å². The SMILES string of the molecule is C/C=C/CCCCC[C@H]1C=C2[C@]3(COC(OCC)C3)C[C@H](OC(C)=O)C[C@@H]([C@@H]1CCOCOCC[Si](C)(C)C)[C@@]2(O)OC(C)=O. The molecule has 7 atom stereocenters. The Kier molecular flexibility index (Phi) is 14.8. The maximum Gasteiger partial charge on any atom is 0.305 e. The van der Waals surface area contributed by atoms with Crippen molar-refractivity contribution in [3.8, 4) is 0 Å². The number of fused-ring (bicyclic) bond motifs is 3. The van der Waals surface area contributed by atoms with Gasteiger partial charge in [0, 0.05) is 65.1 Å². The van der Waals surface area contributed by atoms with Crippen LogP contribution in [0.4, 0.5) is 0 Å². The minimum Gasteiger partial charge on any atom is -0.463 e. The van der Waals surface area contributed by atoms with Gasteiger partial charge in [-0.1, -0.05) is 50.7 Å². The molecule has 45 heavy (non-hydrogen) atoms. The zero-order valence-corrected chi connectivity index (χ0v) is 29.9. The summed E-state index contributed by atoms with van der Waals surface area (Å²) in [6.07, 6.45) is 12.8. The lowest BCUT2D eigenvalue weighted by Crippen LogP contribution is -2.54. The van der Waals surface area contributed by atoms with Crippen molar-refractivity contribution < 1.29 is 43.1 Å². The topological polar surface area (TPSA) is 110 Å². The lowest BCUT2D eigenvalue weighted by atomic mass is 9.62. The van der Waals surface area contributed by atoms with Crippen molar-refractivity contribution in [2.45, 2.75) is 129 Å². The van der Waals surface area contributed by atoms with Crippen LogP contribution >= 0.6 is 0 Å². The molecule has 0 radical (unpaired) electrons. The number of ether oxygens (including phenoxy) is 6. The van der Waals surface area contributed by atoms with Gasteiger partial charge in [-0.05, 0) is 70.3 Å². The van der Waals surface area contributed by atoms with Crippen molar-refractivity contribution in [2.75, 3.05) is 33.2 Å². The number of hydrogen-bond donors (Lipinski definition) is 1. The molecule has 1 saturated heterocycles. The van der Waals surface area contributed by atoms with Gasteiger partial charge >= 0.3 is 11.9 Å². The Bertz CT molecular complexity index is 1010. The molecule has 0 amide bonds. The van der Waals surface area contributed by atoms with Crippen LogP contribution in [0.2, 0.25) is 25.7 Å². The Labute approximate surface area is 272 Å². The second kappa shape index (κ2) is 17.5. The Hall–Kier alpha value is -1.56. The maximum absolute atomic E-state index is 12.6. The molecule has 2 aliphatic carbocycles.